The van der Waals surface area contributed by atoms with Gasteiger partial charge in [0.05, 0.1) is 0 Å². The van der Waals surface area contributed by atoms with Gasteiger partial charge in [0, 0.05) is 23.8 Å². The normalized spacial score (nSPS) is 24.4. The number of likely N-dealkylation sites (tertiary alicyclic amines) is 1. The quantitative estimate of drug-likeness (QED) is 0.551. The first-order valence-electron chi connectivity index (χ1n) is 5.58. The smallest absolute Gasteiger partial charge is 0.224 e. The molecule has 0 spiro atoms. The summed E-state index contributed by atoms with van der Waals surface area (Å²) in [7, 11) is 0. The van der Waals surface area contributed by atoms with Gasteiger partial charge in [-0.05, 0) is 13.3 Å². The van der Waals surface area contributed by atoms with Crippen LogP contribution < -0.4 is 0 Å². The standard InChI is InChI=1S/C11H20BrNO/c1-3-4-5-6-9(2)13-8-10(12)7-11(13)14/h9-10H,3-8H2,1-2H3. The van der Waals surface area contributed by atoms with Crippen LogP contribution >= 0.6 is 15.9 Å². The Balaban J connectivity index is 2.29. The highest BCUT2D eigenvalue weighted by Crippen LogP contribution is 2.22. The van der Waals surface area contributed by atoms with Crippen LogP contribution in [0.5, 0.6) is 0 Å². The number of carbonyl (C=O) groups is 1. The largest absolute Gasteiger partial charge is 0.339 e. The van der Waals surface area contributed by atoms with E-state index in [0.29, 0.717) is 23.2 Å². The van der Waals surface area contributed by atoms with Gasteiger partial charge in [-0.25, -0.2) is 0 Å². The summed E-state index contributed by atoms with van der Waals surface area (Å²) in [6.45, 7) is 5.27. The fraction of sp³-hybridized carbons (Fsp3) is 0.909. The highest BCUT2D eigenvalue weighted by atomic mass is 79.9. The van der Waals surface area contributed by atoms with Crippen LogP contribution in [0.1, 0.15) is 46.0 Å². The fourth-order valence-electron chi connectivity index (χ4n) is 1.96. The van der Waals surface area contributed by atoms with Crippen LogP contribution in [0.3, 0.4) is 0 Å². The van der Waals surface area contributed by atoms with Crippen LogP contribution in [-0.2, 0) is 4.79 Å². The molecule has 0 saturated carbocycles. The summed E-state index contributed by atoms with van der Waals surface area (Å²) < 4.78 is 0. The number of amides is 1. The fourth-order valence-corrected chi connectivity index (χ4v) is 2.55. The predicted molar refractivity (Wildman–Crippen MR) is 62.6 cm³/mol. The van der Waals surface area contributed by atoms with Gasteiger partial charge in [-0.3, -0.25) is 4.79 Å². The van der Waals surface area contributed by atoms with Crippen molar-refractivity contribution in [3.05, 3.63) is 0 Å². The van der Waals surface area contributed by atoms with E-state index in [4.69, 9.17) is 0 Å². The Labute approximate surface area is 95.2 Å². The van der Waals surface area contributed by atoms with Crippen molar-refractivity contribution in [2.24, 2.45) is 0 Å². The molecule has 2 unspecified atom stereocenters. The molecule has 0 aromatic rings. The van der Waals surface area contributed by atoms with Crippen molar-refractivity contribution in [3.8, 4) is 0 Å². The second-order valence-corrected chi connectivity index (χ2v) is 5.49. The second-order valence-electron chi connectivity index (χ2n) is 4.19. The number of unbranched alkanes of at least 4 members (excludes halogenated alkanes) is 2. The number of hydrogen-bond donors (Lipinski definition) is 0. The zero-order valence-corrected chi connectivity index (χ0v) is 10.7. The van der Waals surface area contributed by atoms with Crippen molar-refractivity contribution in [1.82, 2.24) is 4.90 Å². The van der Waals surface area contributed by atoms with Gasteiger partial charge in [0.2, 0.25) is 5.91 Å². The summed E-state index contributed by atoms with van der Waals surface area (Å²) in [5.41, 5.74) is 0. The average Bonchev–Trinajstić information content (AvgIpc) is 2.45. The van der Waals surface area contributed by atoms with E-state index in [1.165, 1.54) is 19.3 Å². The summed E-state index contributed by atoms with van der Waals surface area (Å²) in [5.74, 6) is 0.316. The summed E-state index contributed by atoms with van der Waals surface area (Å²) in [4.78, 5) is 14.0. The van der Waals surface area contributed by atoms with Gasteiger partial charge in [0.15, 0.2) is 0 Å². The maximum atomic E-state index is 11.6. The number of rotatable bonds is 5. The average molecular weight is 262 g/mol. The van der Waals surface area contributed by atoms with E-state index in [9.17, 15) is 4.79 Å². The Hall–Kier alpha value is -0.0500. The SMILES string of the molecule is CCCCCC(C)N1CC(Br)CC1=O. The molecule has 1 fully saturated rings. The van der Waals surface area contributed by atoms with Crippen molar-refractivity contribution in [2.75, 3.05) is 6.54 Å². The Kier molecular flexibility index (Phi) is 4.93. The third-order valence-corrected chi connectivity index (χ3v) is 3.48. The van der Waals surface area contributed by atoms with Gasteiger partial charge in [0.25, 0.3) is 0 Å². The number of carbonyl (C=O) groups excluding carboxylic acids is 1. The molecule has 0 aliphatic carbocycles. The molecule has 1 heterocycles. The van der Waals surface area contributed by atoms with Crippen LogP contribution in [0, 0.1) is 0 Å². The second kappa shape index (κ2) is 5.74. The number of alkyl halides is 1. The van der Waals surface area contributed by atoms with E-state index in [1.54, 1.807) is 0 Å². The van der Waals surface area contributed by atoms with Crippen molar-refractivity contribution in [2.45, 2.75) is 56.8 Å². The van der Waals surface area contributed by atoms with E-state index in [2.05, 4.69) is 29.8 Å². The van der Waals surface area contributed by atoms with Crippen molar-refractivity contribution >= 4 is 21.8 Å². The monoisotopic (exact) mass is 261 g/mol. The molecule has 0 bridgehead atoms. The van der Waals surface area contributed by atoms with Gasteiger partial charge in [-0.15, -0.1) is 0 Å². The molecule has 1 aliphatic heterocycles. The van der Waals surface area contributed by atoms with Crippen LogP contribution in [0.2, 0.25) is 0 Å². The Bertz CT molecular complexity index is 196. The van der Waals surface area contributed by atoms with Gasteiger partial charge < -0.3 is 4.90 Å². The van der Waals surface area contributed by atoms with Crippen LogP contribution in [0.15, 0.2) is 0 Å². The molecule has 14 heavy (non-hydrogen) atoms. The topological polar surface area (TPSA) is 20.3 Å². The third-order valence-electron chi connectivity index (χ3n) is 2.87. The first kappa shape index (κ1) is 12.0. The molecule has 82 valence electrons. The molecule has 0 aromatic heterocycles. The zero-order chi connectivity index (χ0) is 10.6. The van der Waals surface area contributed by atoms with Gasteiger partial charge in [-0.1, -0.05) is 42.1 Å². The molecule has 2 nitrogen and oxygen atoms in total. The summed E-state index contributed by atoms with van der Waals surface area (Å²) >= 11 is 3.51. The maximum absolute atomic E-state index is 11.6. The highest BCUT2D eigenvalue weighted by molar-refractivity contribution is 9.09. The van der Waals surface area contributed by atoms with Gasteiger partial charge in [-0.2, -0.15) is 0 Å². The van der Waals surface area contributed by atoms with Gasteiger partial charge >= 0.3 is 0 Å². The van der Waals surface area contributed by atoms with E-state index in [-0.39, 0.29) is 0 Å². The molecule has 0 N–H and O–H groups in total. The lowest BCUT2D eigenvalue weighted by Crippen LogP contribution is -2.34. The molecule has 0 aromatic carbocycles. The molecule has 3 heteroatoms. The van der Waals surface area contributed by atoms with E-state index < -0.39 is 0 Å². The number of hydrogen-bond acceptors (Lipinski definition) is 1. The molecule has 1 amide bonds. The molecule has 1 aliphatic rings. The number of nitrogens with zero attached hydrogens (tertiary/aromatic N) is 1. The third kappa shape index (κ3) is 3.26. The minimum absolute atomic E-state index is 0.316. The minimum Gasteiger partial charge on any atom is -0.339 e. The molecule has 1 rings (SSSR count). The van der Waals surface area contributed by atoms with Gasteiger partial charge in [0.1, 0.15) is 0 Å². The molecule has 2 atom stereocenters. The molecule has 0 radical (unpaired) electrons. The van der Waals surface area contributed by atoms with E-state index in [0.717, 1.165) is 13.0 Å². The molecule has 1 saturated heterocycles. The van der Waals surface area contributed by atoms with E-state index >= 15 is 0 Å². The van der Waals surface area contributed by atoms with Crippen LogP contribution in [-0.4, -0.2) is 28.2 Å². The Morgan fingerprint density at radius 1 is 1.57 bits per heavy atom. The van der Waals surface area contributed by atoms with Crippen LogP contribution in [0.25, 0.3) is 0 Å². The zero-order valence-electron chi connectivity index (χ0n) is 9.13. The van der Waals surface area contributed by atoms with Crippen molar-refractivity contribution in [3.63, 3.8) is 0 Å². The highest BCUT2D eigenvalue weighted by Gasteiger charge is 2.30. The van der Waals surface area contributed by atoms with E-state index in [1.807, 2.05) is 4.90 Å². The minimum atomic E-state index is 0.316. The van der Waals surface area contributed by atoms with Crippen LogP contribution in [0.4, 0.5) is 0 Å². The predicted octanol–water partition coefficient (Wildman–Crippen LogP) is 2.95. The lowest BCUT2D eigenvalue weighted by molar-refractivity contribution is -0.129. The molecular weight excluding hydrogens is 242 g/mol. The summed E-state index contributed by atoms with van der Waals surface area (Å²) in [6, 6.07) is 0.427. The maximum Gasteiger partial charge on any atom is 0.224 e. The lowest BCUT2D eigenvalue weighted by atomic mass is 10.1. The first-order valence-corrected chi connectivity index (χ1v) is 6.50. The number of halogens is 1. The summed E-state index contributed by atoms with van der Waals surface area (Å²) in [6.07, 6.45) is 5.61. The first-order chi connectivity index (χ1) is 6.65. The lowest BCUT2D eigenvalue weighted by Gasteiger charge is -2.24. The Morgan fingerprint density at radius 3 is 2.79 bits per heavy atom. The Morgan fingerprint density at radius 2 is 2.29 bits per heavy atom. The summed E-state index contributed by atoms with van der Waals surface area (Å²) in [5, 5.41) is 0. The molecular formula is C11H20BrNO. The van der Waals surface area contributed by atoms with Crippen molar-refractivity contribution in [1.29, 1.82) is 0 Å². The van der Waals surface area contributed by atoms with Crippen molar-refractivity contribution < 1.29 is 4.79 Å².